The number of fused-ring (bicyclic) bond motifs is 1. The quantitative estimate of drug-likeness (QED) is 0.303. The maximum atomic E-state index is 13.3. The summed E-state index contributed by atoms with van der Waals surface area (Å²) in [6.07, 6.45) is 0.680. The largest absolute Gasteiger partial charge is 0.352 e. The van der Waals surface area contributed by atoms with Crippen LogP contribution in [0.25, 0.3) is 22.4 Å². The number of nitrogens with one attached hydrogen (secondary N) is 3. The molecule has 3 heterocycles. The average molecular weight is 537 g/mol. The molecule has 1 atom stereocenters. The van der Waals surface area contributed by atoms with Gasteiger partial charge in [0.1, 0.15) is 17.3 Å². The van der Waals surface area contributed by atoms with Crippen LogP contribution in [0, 0.1) is 5.92 Å². The van der Waals surface area contributed by atoms with Gasteiger partial charge < -0.3 is 20.2 Å². The third kappa shape index (κ3) is 4.85. The molecule has 37 heavy (non-hydrogen) atoms. The van der Waals surface area contributed by atoms with Crippen LogP contribution < -0.4 is 10.6 Å². The highest BCUT2D eigenvalue weighted by molar-refractivity contribution is 7.90. The summed E-state index contributed by atoms with van der Waals surface area (Å²) in [5.74, 6) is -6.54. The van der Waals surface area contributed by atoms with Gasteiger partial charge in [-0.25, -0.2) is 40.9 Å². The molecule has 15 heteroatoms. The third-order valence-corrected chi connectivity index (χ3v) is 6.86. The van der Waals surface area contributed by atoms with Crippen LogP contribution in [0.3, 0.4) is 0 Å². The Labute approximate surface area is 207 Å². The van der Waals surface area contributed by atoms with Crippen LogP contribution in [0.2, 0.25) is 0 Å². The Morgan fingerprint density at radius 3 is 2.54 bits per heavy atom. The third-order valence-electron chi connectivity index (χ3n) is 5.72. The van der Waals surface area contributed by atoms with Gasteiger partial charge in [-0.15, -0.1) is 0 Å². The Hall–Kier alpha value is -4.01. The first kappa shape index (κ1) is 24.7. The molecule has 0 radical (unpaired) electrons. The van der Waals surface area contributed by atoms with Crippen molar-refractivity contribution in [3.05, 3.63) is 42.6 Å². The smallest absolute Gasteiger partial charge is 0.295 e. The van der Waals surface area contributed by atoms with Crippen LogP contribution in [0.1, 0.15) is 18.7 Å². The van der Waals surface area contributed by atoms with E-state index < -0.39 is 46.3 Å². The minimum Gasteiger partial charge on any atom is -0.352 e. The molecular weight excluding hydrogens is 518 g/mol. The Kier molecular flexibility index (Phi) is 5.69. The number of imidazole rings is 2. The number of benzene rings is 1. The highest BCUT2D eigenvalue weighted by Gasteiger charge is 2.61. The van der Waals surface area contributed by atoms with Gasteiger partial charge in [0.2, 0.25) is 5.91 Å². The summed E-state index contributed by atoms with van der Waals surface area (Å²) in [6, 6.07) is 5.70. The first-order chi connectivity index (χ1) is 17.3. The highest BCUT2D eigenvalue weighted by Crippen LogP contribution is 2.49. The molecule has 0 bridgehead atoms. The minimum absolute atomic E-state index is 0.0153. The predicted molar refractivity (Wildman–Crippen MR) is 126 cm³/mol. The molecule has 0 saturated heterocycles. The van der Waals surface area contributed by atoms with Crippen molar-refractivity contribution in [2.45, 2.75) is 23.7 Å². The number of aryl methyl sites for hydroxylation is 1. The summed E-state index contributed by atoms with van der Waals surface area (Å²) in [5.41, 5.74) is 0.914. The number of rotatable bonds is 7. The molecule has 1 fully saturated rings. The number of halogens is 4. The maximum absolute atomic E-state index is 13.3. The first-order valence-electron chi connectivity index (χ1n) is 10.8. The summed E-state index contributed by atoms with van der Waals surface area (Å²) < 4.78 is 80.2. The van der Waals surface area contributed by atoms with Gasteiger partial charge in [0, 0.05) is 37.6 Å². The predicted octanol–water partition coefficient (Wildman–Crippen LogP) is 4.04. The van der Waals surface area contributed by atoms with E-state index in [-0.39, 0.29) is 33.3 Å². The Balaban J connectivity index is 1.57. The van der Waals surface area contributed by atoms with Gasteiger partial charge in [0.25, 0.3) is 12.3 Å². The van der Waals surface area contributed by atoms with Gasteiger partial charge in [0.05, 0.1) is 28.3 Å². The first-order valence-corrected chi connectivity index (χ1v) is 12.7. The molecule has 3 aromatic heterocycles. The number of carbonyl (C=O) groups excluding carboxylic acids is 1. The van der Waals surface area contributed by atoms with E-state index in [1.807, 2.05) is 0 Å². The monoisotopic (exact) mass is 537 g/mol. The second-order valence-corrected chi connectivity index (χ2v) is 10.7. The molecule has 1 unspecified atom stereocenters. The van der Waals surface area contributed by atoms with Crippen molar-refractivity contribution in [3.8, 4) is 11.3 Å². The van der Waals surface area contributed by atoms with Crippen molar-refractivity contribution in [1.29, 1.82) is 0 Å². The number of anilines is 3. The number of pyridine rings is 1. The molecule has 0 spiro atoms. The molecule has 0 aliphatic heterocycles. The van der Waals surface area contributed by atoms with E-state index in [2.05, 4.69) is 30.6 Å². The van der Waals surface area contributed by atoms with Crippen molar-refractivity contribution < 1.29 is 30.8 Å². The van der Waals surface area contributed by atoms with Gasteiger partial charge in [-0.05, 0) is 12.1 Å². The van der Waals surface area contributed by atoms with E-state index in [1.54, 1.807) is 30.2 Å². The van der Waals surface area contributed by atoms with Crippen molar-refractivity contribution >= 4 is 44.1 Å². The molecule has 4 aromatic rings. The Morgan fingerprint density at radius 2 is 1.95 bits per heavy atom. The zero-order chi connectivity index (χ0) is 26.7. The van der Waals surface area contributed by atoms with Gasteiger partial charge in [-0.1, -0.05) is 6.07 Å². The van der Waals surface area contributed by atoms with Crippen LogP contribution in [0.15, 0.2) is 41.7 Å². The number of hydrogen-bond acceptors (Lipinski definition) is 7. The summed E-state index contributed by atoms with van der Waals surface area (Å²) >= 11 is 0. The zero-order valence-corrected chi connectivity index (χ0v) is 20.1. The van der Waals surface area contributed by atoms with E-state index in [4.69, 9.17) is 0 Å². The number of carbonyl (C=O) groups is 1. The fourth-order valence-corrected chi connectivity index (χ4v) is 4.64. The number of nitrogens with zero attached hydrogens (tertiary/aromatic N) is 4. The fraction of sp³-hybridized carbons (Fsp3) is 0.273. The normalized spacial score (nSPS) is 16.8. The average Bonchev–Trinajstić information content (AvgIpc) is 3.14. The van der Waals surface area contributed by atoms with Crippen LogP contribution in [-0.4, -0.2) is 51.0 Å². The standard InChI is InChI=1S/C22H19F4N7O3S/c1-33-8-14(27-9-33)10-3-4-12(15(5-10)37(2,35)36)28-13-6-16(30-21(34)11-7-22(11,25)26)29-19-17(13)31-20(32-19)18(23)24/h3-6,8-9,11,18H,7H2,1-2H3,(H3,28,29,30,31,32,34). The van der Waals surface area contributed by atoms with Crippen LogP contribution in [0.4, 0.5) is 34.8 Å². The summed E-state index contributed by atoms with van der Waals surface area (Å²) in [6.45, 7) is 0. The van der Waals surface area contributed by atoms with E-state index >= 15 is 0 Å². The minimum atomic E-state index is -3.80. The van der Waals surface area contributed by atoms with E-state index in [0.29, 0.717) is 11.3 Å². The van der Waals surface area contributed by atoms with E-state index in [0.717, 1.165) is 6.26 Å². The molecule has 1 amide bonds. The highest BCUT2D eigenvalue weighted by atomic mass is 32.2. The molecular formula is C22H19F4N7O3S. The van der Waals surface area contributed by atoms with Gasteiger partial charge >= 0.3 is 0 Å². The van der Waals surface area contributed by atoms with Gasteiger partial charge in [-0.2, -0.15) is 0 Å². The second kappa shape index (κ2) is 8.54. The van der Waals surface area contributed by atoms with E-state index in [9.17, 15) is 30.8 Å². The maximum Gasteiger partial charge on any atom is 0.295 e. The van der Waals surface area contributed by atoms with Gasteiger partial charge in [-0.3, -0.25) is 4.79 Å². The molecule has 1 saturated carbocycles. The Bertz CT molecular complexity index is 1650. The Morgan fingerprint density at radius 1 is 1.22 bits per heavy atom. The lowest BCUT2D eigenvalue weighted by Gasteiger charge is -2.14. The van der Waals surface area contributed by atoms with Crippen molar-refractivity contribution in [2.24, 2.45) is 13.0 Å². The fourth-order valence-electron chi connectivity index (χ4n) is 3.78. The van der Waals surface area contributed by atoms with Crippen molar-refractivity contribution in [2.75, 3.05) is 16.9 Å². The SMILES string of the molecule is Cn1cnc(-c2ccc(Nc3cc(NC(=O)C4CC4(F)F)nc4[nH]c(C(F)F)nc34)c(S(C)(=O)=O)c2)c1. The summed E-state index contributed by atoms with van der Waals surface area (Å²) in [4.78, 5) is 26.5. The number of sulfone groups is 1. The molecule has 10 nitrogen and oxygen atoms in total. The molecule has 1 aliphatic rings. The molecule has 5 rings (SSSR count). The lowest BCUT2D eigenvalue weighted by atomic mass is 10.1. The lowest BCUT2D eigenvalue weighted by Crippen LogP contribution is -2.18. The molecule has 194 valence electrons. The summed E-state index contributed by atoms with van der Waals surface area (Å²) in [5, 5.41) is 5.12. The second-order valence-electron chi connectivity index (χ2n) is 8.71. The zero-order valence-electron chi connectivity index (χ0n) is 19.3. The topological polar surface area (TPSA) is 135 Å². The van der Waals surface area contributed by atoms with Crippen LogP contribution >= 0.6 is 0 Å². The molecule has 1 aromatic carbocycles. The summed E-state index contributed by atoms with van der Waals surface area (Å²) in [7, 11) is -2.04. The molecule has 3 N–H and O–H groups in total. The number of H-pyrrole nitrogens is 1. The lowest BCUT2D eigenvalue weighted by molar-refractivity contribution is -0.119. The number of aromatic nitrogens is 5. The van der Waals surface area contributed by atoms with Crippen molar-refractivity contribution in [1.82, 2.24) is 24.5 Å². The molecule has 1 aliphatic carbocycles. The number of hydrogen-bond donors (Lipinski definition) is 3. The number of alkyl halides is 4. The number of aromatic amines is 1. The van der Waals surface area contributed by atoms with Crippen LogP contribution in [-0.2, 0) is 21.7 Å². The van der Waals surface area contributed by atoms with Crippen LogP contribution in [0.5, 0.6) is 0 Å². The van der Waals surface area contributed by atoms with Crippen molar-refractivity contribution in [3.63, 3.8) is 0 Å². The number of amides is 1. The van der Waals surface area contributed by atoms with E-state index in [1.165, 1.54) is 18.2 Å². The van der Waals surface area contributed by atoms with Gasteiger partial charge in [0.15, 0.2) is 21.3 Å².